The van der Waals surface area contributed by atoms with E-state index in [1.807, 2.05) is 0 Å². The van der Waals surface area contributed by atoms with Crippen LogP contribution in [-0.4, -0.2) is 27.3 Å². The van der Waals surface area contributed by atoms with Gasteiger partial charge in [-0.25, -0.2) is 4.79 Å². The van der Waals surface area contributed by atoms with Crippen LogP contribution in [0.15, 0.2) is 52.2 Å². The Kier molecular flexibility index (Phi) is 3.67. The smallest absolute Gasteiger partial charge is 0.331 e. The first-order chi connectivity index (χ1) is 9.39. The molecule has 0 aromatic heterocycles. The largest absolute Gasteiger partial charge is 0.510 e. The summed E-state index contributed by atoms with van der Waals surface area (Å²) in [6.07, 6.45) is 0.907. The van der Waals surface area contributed by atoms with E-state index >= 15 is 0 Å². The van der Waals surface area contributed by atoms with Crippen LogP contribution in [0.2, 0.25) is 0 Å². The van der Waals surface area contributed by atoms with E-state index in [0.29, 0.717) is 5.56 Å². The van der Waals surface area contributed by atoms with Crippen molar-refractivity contribution in [1.82, 2.24) is 0 Å². The van der Waals surface area contributed by atoms with E-state index in [1.54, 1.807) is 30.3 Å². The number of aliphatic hydroxyl groups is 1. The topological polar surface area (TPSA) is 94.8 Å². The monoisotopic (exact) mass is 338 g/mol. The number of carboxylic acids is 2. The molecule has 1 unspecified atom stereocenters. The number of hydrogen-bond acceptors (Lipinski definition) is 3. The van der Waals surface area contributed by atoms with Gasteiger partial charge in [-0.15, -0.1) is 0 Å². The first-order valence-electron chi connectivity index (χ1n) is 5.71. The fourth-order valence-electron chi connectivity index (χ4n) is 2.24. The van der Waals surface area contributed by atoms with Crippen LogP contribution in [0, 0.1) is 0 Å². The van der Waals surface area contributed by atoms with E-state index in [4.69, 9.17) is 5.11 Å². The molecule has 5 nitrogen and oxygen atoms in total. The predicted octanol–water partition coefficient (Wildman–Crippen LogP) is 2.59. The fraction of sp³-hybridized carbons (Fsp3) is 0.143. The van der Waals surface area contributed by atoms with Gasteiger partial charge in [-0.3, -0.25) is 4.79 Å². The molecular weight excluding hydrogens is 328 g/mol. The number of aliphatic hydroxyl groups excluding tert-OH is 1. The summed E-state index contributed by atoms with van der Waals surface area (Å²) in [6.45, 7) is 0. The summed E-state index contributed by atoms with van der Waals surface area (Å²) in [5.74, 6) is -2.91. The van der Waals surface area contributed by atoms with E-state index in [0.717, 1.165) is 0 Å². The molecule has 0 amide bonds. The number of carboxylic acid groups (broad SMARTS) is 2. The highest BCUT2D eigenvalue weighted by Crippen LogP contribution is 2.43. The van der Waals surface area contributed by atoms with Crippen LogP contribution >= 0.6 is 15.9 Å². The second kappa shape index (κ2) is 5.13. The molecule has 0 saturated carbocycles. The average Bonchev–Trinajstić information content (AvgIpc) is 2.42. The Balaban J connectivity index is 2.69. The third kappa shape index (κ3) is 2.12. The molecule has 1 aromatic carbocycles. The molecule has 1 aliphatic rings. The molecule has 1 atom stereocenters. The molecule has 0 radical (unpaired) electrons. The number of carbonyl (C=O) groups is 2. The minimum atomic E-state index is -1.79. The lowest BCUT2D eigenvalue weighted by atomic mass is 9.71. The van der Waals surface area contributed by atoms with Gasteiger partial charge in [0.05, 0.1) is 4.48 Å². The number of aliphatic carboxylic acids is 2. The Morgan fingerprint density at radius 3 is 2.25 bits per heavy atom. The zero-order valence-electron chi connectivity index (χ0n) is 10.2. The van der Waals surface area contributed by atoms with Crippen LogP contribution in [0.25, 0.3) is 0 Å². The van der Waals surface area contributed by atoms with Gasteiger partial charge in [-0.2, -0.15) is 0 Å². The normalized spacial score (nSPS) is 22.4. The van der Waals surface area contributed by atoms with Gasteiger partial charge < -0.3 is 15.3 Å². The van der Waals surface area contributed by atoms with Crippen molar-refractivity contribution < 1.29 is 24.9 Å². The lowest BCUT2D eigenvalue weighted by Gasteiger charge is -2.32. The quantitative estimate of drug-likeness (QED) is 0.787. The fourth-order valence-corrected chi connectivity index (χ4v) is 2.86. The number of halogens is 1. The third-order valence-electron chi connectivity index (χ3n) is 3.29. The molecule has 0 saturated heterocycles. The zero-order valence-corrected chi connectivity index (χ0v) is 11.8. The Labute approximate surface area is 123 Å². The molecule has 3 N–H and O–H groups in total. The summed E-state index contributed by atoms with van der Waals surface area (Å²) in [7, 11) is 0. The number of benzene rings is 1. The molecule has 0 aliphatic heterocycles. The Morgan fingerprint density at radius 1 is 1.15 bits per heavy atom. The van der Waals surface area contributed by atoms with Gasteiger partial charge in [-0.05, 0) is 27.6 Å². The maximum absolute atomic E-state index is 11.8. The maximum atomic E-state index is 11.8. The van der Waals surface area contributed by atoms with Crippen LogP contribution in [0.3, 0.4) is 0 Å². The number of rotatable bonds is 3. The SMILES string of the molecule is O=C(O)C1=CC(Br)=C(O)C(C(=O)O)(c2ccccc2)C1. The van der Waals surface area contributed by atoms with Crippen LogP contribution < -0.4 is 0 Å². The van der Waals surface area contributed by atoms with Crippen molar-refractivity contribution in [2.75, 3.05) is 0 Å². The van der Waals surface area contributed by atoms with Gasteiger partial charge in [0.15, 0.2) is 5.41 Å². The molecule has 0 bridgehead atoms. The lowest BCUT2D eigenvalue weighted by Crippen LogP contribution is -2.41. The summed E-state index contributed by atoms with van der Waals surface area (Å²) >= 11 is 3.03. The van der Waals surface area contributed by atoms with Gasteiger partial charge in [0.2, 0.25) is 0 Å². The van der Waals surface area contributed by atoms with Crippen molar-refractivity contribution in [3.8, 4) is 0 Å². The third-order valence-corrected chi connectivity index (χ3v) is 3.90. The van der Waals surface area contributed by atoms with Crippen LogP contribution in [-0.2, 0) is 15.0 Å². The molecule has 0 spiro atoms. The maximum Gasteiger partial charge on any atom is 0.331 e. The summed E-state index contributed by atoms with van der Waals surface area (Å²) in [5.41, 5.74) is -1.54. The second-order valence-electron chi connectivity index (χ2n) is 4.42. The van der Waals surface area contributed by atoms with Gasteiger partial charge >= 0.3 is 11.9 Å². The van der Waals surface area contributed by atoms with Crippen LogP contribution in [0.4, 0.5) is 0 Å². The molecule has 104 valence electrons. The van der Waals surface area contributed by atoms with E-state index < -0.39 is 23.1 Å². The van der Waals surface area contributed by atoms with Crippen LogP contribution in [0.1, 0.15) is 12.0 Å². The zero-order chi connectivity index (χ0) is 14.9. The molecule has 0 fully saturated rings. The second-order valence-corrected chi connectivity index (χ2v) is 5.28. The average molecular weight is 339 g/mol. The molecule has 1 aromatic rings. The van der Waals surface area contributed by atoms with Gasteiger partial charge in [0, 0.05) is 12.0 Å². The summed E-state index contributed by atoms with van der Waals surface area (Å²) in [5, 5.41) is 28.9. The Bertz CT molecular complexity index is 632. The van der Waals surface area contributed by atoms with Crippen molar-refractivity contribution in [2.45, 2.75) is 11.8 Å². The minimum Gasteiger partial charge on any atom is -0.510 e. The molecule has 6 heteroatoms. The molecule has 2 rings (SSSR count). The van der Waals surface area contributed by atoms with Crippen molar-refractivity contribution in [3.05, 3.63) is 57.8 Å². The van der Waals surface area contributed by atoms with Crippen molar-refractivity contribution in [3.63, 3.8) is 0 Å². The van der Waals surface area contributed by atoms with Gasteiger partial charge in [0.25, 0.3) is 0 Å². The van der Waals surface area contributed by atoms with E-state index in [9.17, 15) is 19.8 Å². The number of allylic oxidation sites excluding steroid dienone is 2. The highest BCUT2D eigenvalue weighted by Gasteiger charge is 2.49. The van der Waals surface area contributed by atoms with E-state index in [1.165, 1.54) is 6.08 Å². The first-order valence-corrected chi connectivity index (χ1v) is 6.51. The van der Waals surface area contributed by atoms with Crippen molar-refractivity contribution >= 4 is 27.9 Å². The van der Waals surface area contributed by atoms with E-state index in [-0.39, 0.29) is 16.5 Å². The lowest BCUT2D eigenvalue weighted by molar-refractivity contribution is -0.143. The molecule has 1 aliphatic carbocycles. The van der Waals surface area contributed by atoms with Gasteiger partial charge in [0.1, 0.15) is 5.76 Å². The van der Waals surface area contributed by atoms with Crippen LogP contribution in [0.5, 0.6) is 0 Å². The molecule has 20 heavy (non-hydrogen) atoms. The minimum absolute atomic E-state index is 0.0624. The highest BCUT2D eigenvalue weighted by molar-refractivity contribution is 9.11. The highest BCUT2D eigenvalue weighted by atomic mass is 79.9. The molecular formula is C14H11BrO5. The van der Waals surface area contributed by atoms with E-state index in [2.05, 4.69) is 15.9 Å². The summed E-state index contributed by atoms with van der Waals surface area (Å²) < 4.78 is 0.0624. The predicted molar refractivity (Wildman–Crippen MR) is 74.7 cm³/mol. The standard InChI is InChI=1S/C14H11BrO5/c15-10-6-8(12(17)18)7-14(11(10)16,13(19)20)9-4-2-1-3-5-9/h1-6,16H,7H2,(H,17,18)(H,19,20). The summed E-state index contributed by atoms with van der Waals surface area (Å²) in [6, 6.07) is 8.09. The van der Waals surface area contributed by atoms with Crippen molar-refractivity contribution in [2.24, 2.45) is 0 Å². The van der Waals surface area contributed by atoms with Gasteiger partial charge in [-0.1, -0.05) is 30.3 Å². The number of hydrogen-bond donors (Lipinski definition) is 3. The molecule has 0 heterocycles. The van der Waals surface area contributed by atoms with Crippen molar-refractivity contribution in [1.29, 1.82) is 0 Å². The Morgan fingerprint density at radius 2 is 1.75 bits per heavy atom. The Hall–Kier alpha value is -2.08. The summed E-state index contributed by atoms with van der Waals surface area (Å²) in [4.78, 5) is 22.9. The first kappa shape index (κ1) is 14.3.